The molecule has 4 rings (SSSR count). The number of allylic oxidation sites excluding steroid dienone is 4. The first-order valence-corrected chi connectivity index (χ1v) is 23.1. The number of piperidine rings is 1. The number of methoxy groups -OCH3 is 3. The Morgan fingerprint density at radius 3 is 2.28 bits per heavy atom. The average Bonchev–Trinajstić information content (AvgIpc) is 3.24. The summed E-state index contributed by atoms with van der Waals surface area (Å²) in [6.45, 7) is 13.2. The van der Waals surface area contributed by atoms with Crippen LogP contribution in [0.2, 0.25) is 0 Å². The van der Waals surface area contributed by atoms with Gasteiger partial charge in [0.2, 0.25) is 11.6 Å². The number of carbonyl (C=O) groups is 5. The Hall–Kier alpha value is -2.79. The summed E-state index contributed by atoms with van der Waals surface area (Å²) in [5.41, 5.74) is -0.521. The minimum absolute atomic E-state index is 0.0101. The number of carbonyl (C=O) groups excluding carboxylic acids is 5. The fourth-order valence-corrected chi connectivity index (χ4v) is 10.0. The first-order chi connectivity index (χ1) is 28.9. The summed E-state index contributed by atoms with van der Waals surface area (Å²) < 4.78 is 30.5. The van der Waals surface area contributed by atoms with Crippen molar-refractivity contribution in [1.82, 2.24) is 10.2 Å². The highest BCUT2D eigenvalue weighted by Gasteiger charge is 2.58. The van der Waals surface area contributed by atoms with Crippen LogP contribution in [0.1, 0.15) is 105 Å². The molecule has 4 aliphatic rings. The van der Waals surface area contributed by atoms with Crippen LogP contribution in [0, 0.1) is 29.6 Å². The minimum Gasteiger partial charge on any atom is -0.456 e. The van der Waals surface area contributed by atoms with Crippen molar-refractivity contribution in [2.75, 3.05) is 33.2 Å². The molecule has 2 saturated heterocycles. The van der Waals surface area contributed by atoms with Gasteiger partial charge in [-0.2, -0.15) is 0 Å². The molecule has 61 heavy (non-hydrogen) atoms. The van der Waals surface area contributed by atoms with Gasteiger partial charge in [0, 0.05) is 52.0 Å². The Morgan fingerprint density at radius 1 is 0.967 bits per heavy atom. The molecule has 3 heterocycles. The number of nitrogens with one attached hydrogen (secondary N) is 1. The number of esters is 1. The number of nitrogens with zero attached hydrogens (tertiary/aromatic N) is 1. The third kappa shape index (κ3) is 12.5. The van der Waals surface area contributed by atoms with Crippen LogP contribution in [0.4, 0.5) is 0 Å². The molecule has 0 aromatic rings. The summed E-state index contributed by atoms with van der Waals surface area (Å²) in [5.74, 6) is -5.60. The Bertz CT molecular complexity index is 1620. The second kappa shape index (κ2) is 23.2. The highest BCUT2D eigenvalue weighted by Crippen LogP contribution is 2.39. The van der Waals surface area contributed by atoms with Crippen molar-refractivity contribution in [2.45, 2.75) is 160 Å². The lowest BCUT2D eigenvalue weighted by atomic mass is 9.80. The molecule has 14 atom stereocenters. The number of Topliss-reactive ketones (excluding diaryl/α,β-unsaturated/α-hetero) is 2. The highest BCUT2D eigenvalue weighted by atomic mass is 79.9. The number of rotatable bonds is 9. The highest BCUT2D eigenvalue weighted by molar-refractivity contribution is 9.09. The van der Waals surface area contributed by atoms with Crippen LogP contribution in [0.5, 0.6) is 0 Å². The molecule has 0 aromatic heterocycles. The SMILES string of the molecule is C=CC[C@@H]1/C=C(\C)C[C@H](C)C[C@H](OC)[C@H]2O[C@@](NC(=O)CBr)(C(=O)C(=O)N3CCCC[C@H]3C(=O)O[C@H](/C(C)=C/[C@@H]3CC[C@@H](O)[C@H](OC)C3)[C@H](C)[C@@H](O)CC1=O)[C@H](C)C[C@@H]2OC. The Balaban J connectivity index is 1.85. The molecule has 3 N–H and O–H groups in total. The fourth-order valence-electron chi connectivity index (χ4n) is 9.89. The van der Waals surface area contributed by atoms with Crippen molar-refractivity contribution in [3.8, 4) is 0 Å². The van der Waals surface area contributed by atoms with Crippen LogP contribution >= 0.6 is 15.9 Å². The van der Waals surface area contributed by atoms with Crippen LogP contribution < -0.4 is 5.32 Å². The number of aliphatic hydroxyl groups is 2. The topological polar surface area (TPSA) is 187 Å². The molecular formula is C46H71BrN2O12. The molecule has 0 unspecified atom stereocenters. The molecule has 2 bridgehead atoms. The maximum atomic E-state index is 14.9. The summed E-state index contributed by atoms with van der Waals surface area (Å²) in [6, 6.07) is -1.16. The van der Waals surface area contributed by atoms with Crippen molar-refractivity contribution in [2.24, 2.45) is 29.6 Å². The van der Waals surface area contributed by atoms with E-state index in [4.69, 9.17) is 23.7 Å². The van der Waals surface area contributed by atoms with E-state index >= 15 is 0 Å². The Morgan fingerprint density at radius 2 is 1.64 bits per heavy atom. The van der Waals surface area contributed by atoms with E-state index < -0.39 is 89.7 Å². The van der Waals surface area contributed by atoms with E-state index in [2.05, 4.69) is 27.8 Å². The van der Waals surface area contributed by atoms with E-state index in [1.807, 2.05) is 32.9 Å². The maximum Gasteiger partial charge on any atom is 0.329 e. The van der Waals surface area contributed by atoms with Gasteiger partial charge >= 0.3 is 5.97 Å². The van der Waals surface area contributed by atoms with Crippen LogP contribution in [-0.4, -0.2) is 132 Å². The predicted molar refractivity (Wildman–Crippen MR) is 232 cm³/mol. The average molecular weight is 924 g/mol. The normalized spacial score (nSPS) is 38.9. The van der Waals surface area contributed by atoms with Crippen LogP contribution in [0.25, 0.3) is 0 Å². The van der Waals surface area contributed by atoms with Crippen molar-refractivity contribution < 1.29 is 57.9 Å². The van der Waals surface area contributed by atoms with Gasteiger partial charge in [0.1, 0.15) is 24.0 Å². The van der Waals surface area contributed by atoms with Crippen LogP contribution in [0.15, 0.2) is 36.0 Å². The number of alkyl halides is 1. The molecule has 1 saturated carbocycles. The molecule has 3 fully saturated rings. The number of ketones is 2. The molecule has 344 valence electrons. The zero-order chi connectivity index (χ0) is 45.2. The number of halogens is 1. The van der Waals surface area contributed by atoms with Gasteiger partial charge in [0.15, 0.2) is 0 Å². The van der Waals surface area contributed by atoms with E-state index in [1.165, 1.54) is 12.0 Å². The van der Waals surface area contributed by atoms with E-state index in [0.29, 0.717) is 56.9 Å². The second-order valence-corrected chi connectivity index (χ2v) is 18.6. The summed E-state index contributed by atoms with van der Waals surface area (Å²) in [6.07, 6.45) is 4.80. The predicted octanol–water partition coefficient (Wildman–Crippen LogP) is 5.16. The van der Waals surface area contributed by atoms with Gasteiger partial charge in [-0.3, -0.25) is 19.2 Å². The number of hydrogen-bond donors (Lipinski definition) is 3. The standard InChI is InChI=1S/C46H71BrN2O12/c1-10-13-32-19-26(2)18-27(3)20-38(58-8)42-39(59-9)22-29(5)46(61-42,48-40(53)25-47)43(54)44(55)49-17-12-11-14-33(49)45(56)60-41(30(6)35(51)24-36(32)52)28(4)21-31-15-16-34(50)37(23-31)57-7/h10,19,21,27,29-35,37-39,41-42,50-51H,1,11-18,20,22-25H2,2-9H3,(H,48,53)/b26-19+,28-21+/t27-,29+,30+,31-,32+,33-,34+,35-,37+,38-,39-,41+,42+,46+/m0/s1. The first kappa shape index (κ1) is 50.9. The molecule has 1 aliphatic carbocycles. The maximum absolute atomic E-state index is 14.9. The summed E-state index contributed by atoms with van der Waals surface area (Å²) in [5, 5.41) is 24.8. The van der Waals surface area contributed by atoms with Crippen molar-refractivity contribution in [1.29, 1.82) is 0 Å². The first-order valence-electron chi connectivity index (χ1n) is 22.0. The summed E-state index contributed by atoms with van der Waals surface area (Å²) in [7, 11) is 4.64. The lowest BCUT2D eigenvalue weighted by molar-refractivity contribution is -0.242. The smallest absolute Gasteiger partial charge is 0.329 e. The van der Waals surface area contributed by atoms with E-state index in [1.54, 1.807) is 34.1 Å². The van der Waals surface area contributed by atoms with Gasteiger partial charge in [0.05, 0.1) is 35.8 Å². The zero-order valence-electron chi connectivity index (χ0n) is 37.4. The molecule has 0 spiro atoms. The van der Waals surface area contributed by atoms with Crippen molar-refractivity contribution >= 4 is 45.3 Å². The van der Waals surface area contributed by atoms with Gasteiger partial charge in [-0.25, -0.2) is 4.79 Å². The van der Waals surface area contributed by atoms with E-state index in [0.717, 1.165) is 5.57 Å². The van der Waals surface area contributed by atoms with Gasteiger partial charge in [0.25, 0.3) is 11.7 Å². The molecule has 15 heteroatoms. The molecule has 3 aliphatic heterocycles. The lowest BCUT2D eigenvalue weighted by Gasteiger charge is -2.49. The summed E-state index contributed by atoms with van der Waals surface area (Å²) in [4.78, 5) is 72.5. The molecular weight excluding hydrogens is 852 g/mol. The largest absolute Gasteiger partial charge is 0.456 e. The van der Waals surface area contributed by atoms with E-state index in [9.17, 15) is 34.2 Å². The number of amides is 2. The summed E-state index contributed by atoms with van der Waals surface area (Å²) >= 11 is 3.19. The molecule has 2 amide bonds. The van der Waals surface area contributed by atoms with Gasteiger partial charge in [-0.05, 0) is 95.5 Å². The Labute approximate surface area is 370 Å². The second-order valence-electron chi connectivity index (χ2n) is 18.0. The number of ether oxygens (including phenoxy) is 5. The number of aliphatic hydroxyl groups excluding tert-OH is 2. The molecule has 14 nitrogen and oxygen atoms in total. The van der Waals surface area contributed by atoms with Crippen molar-refractivity contribution in [3.63, 3.8) is 0 Å². The number of fused-ring (bicyclic) bond motifs is 3. The lowest BCUT2D eigenvalue weighted by Crippen LogP contribution is -2.71. The van der Waals surface area contributed by atoms with E-state index in [-0.39, 0.29) is 54.9 Å². The third-order valence-corrected chi connectivity index (χ3v) is 13.9. The minimum atomic E-state index is -2.12. The van der Waals surface area contributed by atoms with Gasteiger partial charge < -0.3 is 44.1 Å². The van der Waals surface area contributed by atoms with Crippen molar-refractivity contribution in [3.05, 3.63) is 36.0 Å². The van der Waals surface area contributed by atoms with Gasteiger partial charge in [-0.1, -0.05) is 60.5 Å². The number of hydrogen-bond acceptors (Lipinski definition) is 12. The third-order valence-electron chi connectivity index (χ3n) is 13.4. The quantitative estimate of drug-likeness (QED) is 0.120. The van der Waals surface area contributed by atoms with Gasteiger partial charge in [-0.15, -0.1) is 6.58 Å². The fraction of sp³-hybridized carbons (Fsp3) is 0.761. The molecule has 0 radical (unpaired) electrons. The monoisotopic (exact) mass is 922 g/mol. The van der Waals surface area contributed by atoms with Crippen LogP contribution in [-0.2, 0) is 47.7 Å². The number of cyclic esters (lactones) is 1. The Kier molecular flexibility index (Phi) is 19.4. The zero-order valence-corrected chi connectivity index (χ0v) is 39.0. The van der Waals surface area contributed by atoms with Crippen LogP contribution in [0.3, 0.4) is 0 Å². The molecule has 0 aromatic carbocycles.